The van der Waals surface area contributed by atoms with E-state index in [4.69, 9.17) is 5.73 Å². The summed E-state index contributed by atoms with van der Waals surface area (Å²) in [6.45, 7) is 2.05. The van der Waals surface area contributed by atoms with Crippen molar-refractivity contribution < 1.29 is 0 Å². The van der Waals surface area contributed by atoms with Gasteiger partial charge in [-0.05, 0) is 30.7 Å². The lowest BCUT2D eigenvalue weighted by Gasteiger charge is -2.06. The number of nitrogens with zero attached hydrogens (tertiary/aromatic N) is 2. The second-order valence-corrected chi connectivity index (χ2v) is 5.58. The van der Waals surface area contributed by atoms with Gasteiger partial charge < -0.3 is 5.73 Å². The van der Waals surface area contributed by atoms with E-state index in [0.29, 0.717) is 5.82 Å². The van der Waals surface area contributed by atoms with Crippen LogP contribution in [0.1, 0.15) is 5.56 Å². The van der Waals surface area contributed by atoms with Crippen molar-refractivity contribution >= 4 is 21.7 Å². The van der Waals surface area contributed by atoms with Crippen LogP contribution in [0.25, 0.3) is 16.9 Å². The summed E-state index contributed by atoms with van der Waals surface area (Å²) < 4.78 is 2.83. The SMILES string of the molecule is Cc1ccccc1-n1nc(-c2ccc(Br)cc2)cc1N. The largest absolute Gasteiger partial charge is 0.384 e. The summed E-state index contributed by atoms with van der Waals surface area (Å²) in [5.41, 5.74) is 10.2. The Morgan fingerprint density at radius 3 is 2.45 bits per heavy atom. The Hall–Kier alpha value is -2.07. The van der Waals surface area contributed by atoms with Gasteiger partial charge in [0, 0.05) is 16.1 Å². The lowest BCUT2D eigenvalue weighted by Crippen LogP contribution is -2.03. The summed E-state index contributed by atoms with van der Waals surface area (Å²) in [6.07, 6.45) is 0. The minimum Gasteiger partial charge on any atom is -0.384 e. The molecule has 0 aliphatic heterocycles. The maximum atomic E-state index is 6.10. The molecule has 0 spiro atoms. The van der Waals surface area contributed by atoms with Crippen LogP contribution in [0.2, 0.25) is 0 Å². The van der Waals surface area contributed by atoms with Crippen LogP contribution >= 0.6 is 15.9 Å². The Labute approximate surface area is 126 Å². The zero-order chi connectivity index (χ0) is 14.1. The molecule has 1 heterocycles. The molecule has 3 aromatic rings. The van der Waals surface area contributed by atoms with Gasteiger partial charge in [-0.1, -0.05) is 46.3 Å². The van der Waals surface area contributed by atoms with Crippen LogP contribution < -0.4 is 5.73 Å². The Bertz CT molecular complexity index is 745. The molecule has 2 aromatic carbocycles. The van der Waals surface area contributed by atoms with Crippen molar-refractivity contribution in [2.45, 2.75) is 6.92 Å². The maximum absolute atomic E-state index is 6.10. The van der Waals surface area contributed by atoms with Gasteiger partial charge in [0.05, 0.1) is 11.4 Å². The molecular weight excluding hydrogens is 314 g/mol. The summed E-state index contributed by atoms with van der Waals surface area (Å²) in [6, 6.07) is 18.0. The molecule has 0 atom stereocenters. The third kappa shape index (κ3) is 2.34. The lowest BCUT2D eigenvalue weighted by molar-refractivity contribution is 0.887. The van der Waals surface area contributed by atoms with Crippen LogP contribution in [0.5, 0.6) is 0 Å². The first-order valence-electron chi connectivity index (χ1n) is 6.32. The van der Waals surface area contributed by atoms with Crippen molar-refractivity contribution in [3.05, 3.63) is 64.6 Å². The first kappa shape index (κ1) is 12.9. The monoisotopic (exact) mass is 327 g/mol. The second kappa shape index (κ2) is 5.13. The normalized spacial score (nSPS) is 10.7. The first-order valence-corrected chi connectivity index (χ1v) is 7.12. The van der Waals surface area contributed by atoms with E-state index >= 15 is 0 Å². The van der Waals surface area contributed by atoms with Gasteiger partial charge in [0.15, 0.2) is 0 Å². The van der Waals surface area contributed by atoms with Gasteiger partial charge in [0.25, 0.3) is 0 Å². The van der Waals surface area contributed by atoms with E-state index in [9.17, 15) is 0 Å². The number of aromatic nitrogens is 2. The standard InChI is InChI=1S/C16H14BrN3/c1-11-4-2-3-5-15(11)20-16(18)10-14(19-20)12-6-8-13(17)9-7-12/h2-10H,18H2,1H3. The van der Waals surface area contributed by atoms with Crippen LogP contribution in [0.15, 0.2) is 59.1 Å². The molecule has 20 heavy (non-hydrogen) atoms. The molecule has 0 aliphatic rings. The molecule has 100 valence electrons. The van der Waals surface area contributed by atoms with E-state index in [1.165, 1.54) is 0 Å². The Morgan fingerprint density at radius 1 is 1.05 bits per heavy atom. The Morgan fingerprint density at radius 2 is 1.75 bits per heavy atom. The summed E-state index contributed by atoms with van der Waals surface area (Å²) in [5.74, 6) is 0.636. The summed E-state index contributed by atoms with van der Waals surface area (Å²) >= 11 is 3.43. The van der Waals surface area contributed by atoms with Gasteiger partial charge in [-0.15, -0.1) is 0 Å². The molecule has 0 radical (unpaired) electrons. The molecule has 0 saturated carbocycles. The fourth-order valence-electron chi connectivity index (χ4n) is 2.15. The summed E-state index contributed by atoms with van der Waals surface area (Å²) in [5, 5.41) is 4.62. The van der Waals surface area contributed by atoms with Crippen molar-refractivity contribution in [2.24, 2.45) is 0 Å². The number of para-hydroxylation sites is 1. The number of benzene rings is 2. The summed E-state index contributed by atoms with van der Waals surface area (Å²) in [7, 11) is 0. The highest BCUT2D eigenvalue weighted by atomic mass is 79.9. The van der Waals surface area contributed by atoms with E-state index < -0.39 is 0 Å². The summed E-state index contributed by atoms with van der Waals surface area (Å²) in [4.78, 5) is 0. The van der Waals surface area contributed by atoms with Gasteiger partial charge in [0.2, 0.25) is 0 Å². The van der Waals surface area contributed by atoms with Crippen LogP contribution in [0.4, 0.5) is 5.82 Å². The smallest absolute Gasteiger partial charge is 0.127 e. The predicted molar refractivity (Wildman–Crippen MR) is 85.8 cm³/mol. The molecule has 2 N–H and O–H groups in total. The average molecular weight is 328 g/mol. The highest BCUT2D eigenvalue weighted by molar-refractivity contribution is 9.10. The zero-order valence-electron chi connectivity index (χ0n) is 11.0. The highest BCUT2D eigenvalue weighted by Crippen LogP contribution is 2.25. The van der Waals surface area contributed by atoms with Gasteiger partial charge in [-0.25, -0.2) is 4.68 Å². The van der Waals surface area contributed by atoms with E-state index in [1.54, 1.807) is 4.68 Å². The number of hydrogen-bond acceptors (Lipinski definition) is 2. The Kier molecular flexibility index (Phi) is 3.32. The number of halogens is 1. The van der Waals surface area contributed by atoms with Crippen molar-refractivity contribution in [2.75, 3.05) is 5.73 Å². The molecule has 4 heteroatoms. The minimum atomic E-state index is 0.636. The molecule has 3 rings (SSSR count). The number of rotatable bonds is 2. The fraction of sp³-hybridized carbons (Fsp3) is 0.0625. The molecular formula is C16H14BrN3. The van der Waals surface area contributed by atoms with Gasteiger partial charge in [-0.2, -0.15) is 5.10 Å². The van der Waals surface area contributed by atoms with E-state index in [1.807, 2.05) is 48.5 Å². The quantitative estimate of drug-likeness (QED) is 0.766. The molecule has 0 amide bonds. The average Bonchev–Trinajstić information content (AvgIpc) is 2.82. The van der Waals surface area contributed by atoms with Crippen LogP contribution in [0.3, 0.4) is 0 Å². The van der Waals surface area contributed by atoms with E-state index in [0.717, 1.165) is 27.0 Å². The molecule has 0 fully saturated rings. The number of anilines is 1. The lowest BCUT2D eigenvalue weighted by atomic mass is 10.2. The van der Waals surface area contributed by atoms with Crippen molar-refractivity contribution in [3.63, 3.8) is 0 Å². The number of nitrogen functional groups attached to an aromatic ring is 1. The first-order chi connectivity index (χ1) is 9.65. The topological polar surface area (TPSA) is 43.8 Å². The molecule has 0 aliphatic carbocycles. The third-order valence-corrected chi connectivity index (χ3v) is 3.75. The minimum absolute atomic E-state index is 0.636. The maximum Gasteiger partial charge on any atom is 0.127 e. The van der Waals surface area contributed by atoms with Crippen LogP contribution in [-0.4, -0.2) is 9.78 Å². The van der Waals surface area contributed by atoms with Crippen molar-refractivity contribution in [1.29, 1.82) is 0 Å². The van der Waals surface area contributed by atoms with Gasteiger partial charge >= 0.3 is 0 Å². The number of hydrogen-bond donors (Lipinski definition) is 1. The number of aryl methyl sites for hydroxylation is 1. The van der Waals surface area contributed by atoms with Crippen LogP contribution in [0, 0.1) is 6.92 Å². The molecule has 0 bridgehead atoms. The predicted octanol–water partition coefficient (Wildman–Crippen LogP) is 4.19. The fourth-order valence-corrected chi connectivity index (χ4v) is 2.42. The molecule has 3 nitrogen and oxygen atoms in total. The highest BCUT2D eigenvalue weighted by Gasteiger charge is 2.10. The molecule has 0 unspecified atom stereocenters. The van der Waals surface area contributed by atoms with E-state index in [-0.39, 0.29) is 0 Å². The Balaban J connectivity index is 2.08. The van der Waals surface area contributed by atoms with Crippen molar-refractivity contribution in [1.82, 2.24) is 9.78 Å². The molecule has 1 aromatic heterocycles. The number of nitrogens with two attached hydrogens (primary N) is 1. The van der Waals surface area contributed by atoms with Gasteiger partial charge in [0.1, 0.15) is 5.82 Å². The molecule has 0 saturated heterocycles. The van der Waals surface area contributed by atoms with Crippen LogP contribution in [-0.2, 0) is 0 Å². The zero-order valence-corrected chi connectivity index (χ0v) is 12.6. The second-order valence-electron chi connectivity index (χ2n) is 4.66. The van der Waals surface area contributed by atoms with Crippen molar-refractivity contribution in [3.8, 4) is 16.9 Å². The van der Waals surface area contributed by atoms with Gasteiger partial charge in [-0.3, -0.25) is 0 Å². The van der Waals surface area contributed by atoms with E-state index in [2.05, 4.69) is 34.0 Å². The third-order valence-electron chi connectivity index (χ3n) is 3.22.